The number of nitrogens with zero attached hydrogens (tertiary/aromatic N) is 1. The molecule has 1 aromatic heterocycles. The molecule has 1 heterocycles. The van der Waals surface area contributed by atoms with Crippen LogP contribution in [0.2, 0.25) is 0 Å². The molecule has 1 saturated carbocycles. The zero-order valence-electron chi connectivity index (χ0n) is 10.5. The average molecular weight is 265 g/mol. The zero-order valence-corrected chi connectivity index (χ0v) is 11.3. The van der Waals surface area contributed by atoms with Gasteiger partial charge in [0.05, 0.1) is 11.1 Å². The SMILES string of the molecule is NCC1(C(=O)Nc2nc3c(s2)CCCC3)CCC1. The monoisotopic (exact) mass is 265 g/mol. The van der Waals surface area contributed by atoms with Crippen molar-refractivity contribution in [2.24, 2.45) is 11.1 Å². The van der Waals surface area contributed by atoms with E-state index in [9.17, 15) is 4.79 Å². The van der Waals surface area contributed by atoms with E-state index < -0.39 is 0 Å². The van der Waals surface area contributed by atoms with E-state index in [-0.39, 0.29) is 11.3 Å². The van der Waals surface area contributed by atoms with E-state index in [4.69, 9.17) is 5.73 Å². The fourth-order valence-electron chi connectivity index (χ4n) is 2.76. The van der Waals surface area contributed by atoms with E-state index in [1.807, 2.05) is 0 Å². The van der Waals surface area contributed by atoms with Gasteiger partial charge in [0.15, 0.2) is 5.13 Å². The van der Waals surface area contributed by atoms with Crippen LogP contribution in [-0.4, -0.2) is 17.4 Å². The van der Waals surface area contributed by atoms with Crippen LogP contribution in [0.3, 0.4) is 0 Å². The molecule has 0 atom stereocenters. The summed E-state index contributed by atoms with van der Waals surface area (Å²) >= 11 is 1.64. The van der Waals surface area contributed by atoms with Crippen molar-refractivity contribution < 1.29 is 4.79 Å². The summed E-state index contributed by atoms with van der Waals surface area (Å²) in [6.07, 6.45) is 7.58. The normalized spacial score (nSPS) is 20.9. The third-order valence-corrected chi connectivity index (χ3v) is 5.32. The van der Waals surface area contributed by atoms with Crippen LogP contribution in [0.15, 0.2) is 0 Å². The molecule has 0 radical (unpaired) electrons. The maximum atomic E-state index is 12.2. The first-order valence-corrected chi connectivity index (χ1v) is 7.55. The molecular formula is C13H19N3OS. The van der Waals surface area contributed by atoms with Gasteiger partial charge in [-0.05, 0) is 38.5 Å². The molecule has 0 spiro atoms. The Bertz CT molecular complexity index is 436. The molecule has 98 valence electrons. The lowest BCUT2D eigenvalue weighted by Crippen LogP contribution is -2.47. The minimum atomic E-state index is -0.313. The molecule has 0 saturated heterocycles. The lowest BCUT2D eigenvalue weighted by molar-refractivity contribution is -0.129. The summed E-state index contributed by atoms with van der Waals surface area (Å²) in [6.45, 7) is 0.448. The van der Waals surface area contributed by atoms with Gasteiger partial charge < -0.3 is 11.1 Å². The summed E-state index contributed by atoms with van der Waals surface area (Å²) in [5.74, 6) is 0.0716. The number of nitrogens with two attached hydrogens (primary N) is 1. The smallest absolute Gasteiger partial charge is 0.233 e. The summed E-state index contributed by atoms with van der Waals surface area (Å²) in [5, 5.41) is 3.75. The maximum absolute atomic E-state index is 12.2. The Morgan fingerprint density at radius 2 is 2.11 bits per heavy atom. The number of hydrogen-bond acceptors (Lipinski definition) is 4. The molecule has 1 amide bonds. The van der Waals surface area contributed by atoms with Gasteiger partial charge in [-0.3, -0.25) is 4.79 Å². The number of anilines is 1. The molecule has 0 unspecified atom stereocenters. The Balaban J connectivity index is 1.72. The van der Waals surface area contributed by atoms with E-state index in [1.54, 1.807) is 11.3 Å². The average Bonchev–Trinajstić information content (AvgIpc) is 2.70. The van der Waals surface area contributed by atoms with Crippen LogP contribution in [0.25, 0.3) is 0 Å². The molecule has 3 rings (SSSR count). The second kappa shape index (κ2) is 4.63. The number of amides is 1. The van der Waals surface area contributed by atoms with Crippen molar-refractivity contribution in [2.45, 2.75) is 44.9 Å². The van der Waals surface area contributed by atoms with E-state index in [2.05, 4.69) is 10.3 Å². The number of carbonyl (C=O) groups excluding carboxylic acids is 1. The number of fused-ring (bicyclic) bond motifs is 1. The number of hydrogen-bond donors (Lipinski definition) is 2. The third-order valence-electron chi connectivity index (χ3n) is 4.25. The highest BCUT2D eigenvalue weighted by Gasteiger charge is 2.43. The quantitative estimate of drug-likeness (QED) is 0.879. The van der Waals surface area contributed by atoms with E-state index in [1.165, 1.54) is 23.4 Å². The number of thiazole rings is 1. The lowest BCUT2D eigenvalue weighted by Gasteiger charge is -2.38. The summed E-state index contributed by atoms with van der Waals surface area (Å²) in [5.41, 5.74) is 6.62. The second-order valence-corrected chi connectivity index (χ2v) is 6.47. The highest BCUT2D eigenvalue weighted by Crippen LogP contribution is 2.41. The van der Waals surface area contributed by atoms with Gasteiger partial charge in [-0.15, -0.1) is 11.3 Å². The predicted octanol–water partition coefficient (Wildman–Crippen LogP) is 2.09. The van der Waals surface area contributed by atoms with Gasteiger partial charge in [0.25, 0.3) is 0 Å². The van der Waals surface area contributed by atoms with Gasteiger partial charge in [-0.1, -0.05) is 6.42 Å². The van der Waals surface area contributed by atoms with Crippen LogP contribution in [0.1, 0.15) is 42.7 Å². The van der Waals surface area contributed by atoms with Gasteiger partial charge in [0.2, 0.25) is 5.91 Å². The molecule has 3 N–H and O–H groups in total. The Kier molecular flexibility index (Phi) is 3.11. The van der Waals surface area contributed by atoms with E-state index in [0.717, 1.165) is 37.2 Å². The van der Waals surface area contributed by atoms with Crippen molar-refractivity contribution in [3.8, 4) is 0 Å². The number of aryl methyl sites for hydroxylation is 2. The van der Waals surface area contributed by atoms with E-state index >= 15 is 0 Å². The molecule has 2 aliphatic carbocycles. The number of nitrogens with one attached hydrogen (secondary N) is 1. The topological polar surface area (TPSA) is 68.0 Å². The standard InChI is InChI=1S/C13H19N3OS/c14-8-13(6-3-7-13)11(17)16-12-15-9-4-1-2-5-10(9)18-12/h1-8,14H2,(H,15,16,17). The molecule has 5 heteroatoms. The van der Waals surface area contributed by atoms with Crippen molar-refractivity contribution in [2.75, 3.05) is 11.9 Å². The first-order valence-electron chi connectivity index (χ1n) is 6.74. The summed E-state index contributed by atoms with van der Waals surface area (Å²) in [6, 6.07) is 0. The van der Waals surface area contributed by atoms with Crippen molar-refractivity contribution in [1.82, 2.24) is 4.98 Å². The summed E-state index contributed by atoms with van der Waals surface area (Å²) in [7, 11) is 0. The van der Waals surface area contributed by atoms with Gasteiger partial charge in [-0.2, -0.15) is 0 Å². The van der Waals surface area contributed by atoms with Crippen molar-refractivity contribution in [3.05, 3.63) is 10.6 Å². The molecule has 4 nitrogen and oxygen atoms in total. The van der Waals surface area contributed by atoms with Gasteiger partial charge in [-0.25, -0.2) is 4.98 Å². The van der Waals surface area contributed by atoms with Crippen LogP contribution in [0.4, 0.5) is 5.13 Å². The Hall–Kier alpha value is -0.940. The molecule has 1 fully saturated rings. The number of carbonyl (C=O) groups is 1. The van der Waals surface area contributed by atoms with Crippen molar-refractivity contribution in [1.29, 1.82) is 0 Å². The molecule has 0 aliphatic heterocycles. The Labute approximate surface area is 111 Å². The molecular weight excluding hydrogens is 246 g/mol. The fourth-order valence-corrected chi connectivity index (χ4v) is 3.81. The number of rotatable bonds is 3. The molecule has 18 heavy (non-hydrogen) atoms. The van der Waals surface area contributed by atoms with Crippen molar-refractivity contribution in [3.63, 3.8) is 0 Å². The Morgan fingerprint density at radius 1 is 1.33 bits per heavy atom. The van der Waals surface area contributed by atoms with Crippen LogP contribution in [0, 0.1) is 5.41 Å². The summed E-state index contributed by atoms with van der Waals surface area (Å²) < 4.78 is 0. The Morgan fingerprint density at radius 3 is 2.72 bits per heavy atom. The first kappa shape index (κ1) is 12.1. The van der Waals surface area contributed by atoms with Gasteiger partial charge in [0, 0.05) is 11.4 Å². The van der Waals surface area contributed by atoms with Gasteiger partial charge in [0.1, 0.15) is 0 Å². The fraction of sp³-hybridized carbons (Fsp3) is 0.692. The number of aromatic nitrogens is 1. The maximum Gasteiger partial charge on any atom is 0.233 e. The van der Waals surface area contributed by atoms with E-state index in [0.29, 0.717) is 6.54 Å². The lowest BCUT2D eigenvalue weighted by atomic mass is 9.68. The largest absolute Gasteiger partial charge is 0.329 e. The first-order chi connectivity index (χ1) is 8.73. The van der Waals surface area contributed by atoms with Crippen LogP contribution < -0.4 is 11.1 Å². The van der Waals surface area contributed by atoms with Crippen LogP contribution in [-0.2, 0) is 17.6 Å². The molecule has 0 aromatic carbocycles. The zero-order chi connectivity index (χ0) is 12.6. The van der Waals surface area contributed by atoms with Gasteiger partial charge >= 0.3 is 0 Å². The predicted molar refractivity (Wildman–Crippen MR) is 72.7 cm³/mol. The third kappa shape index (κ3) is 1.95. The minimum Gasteiger partial charge on any atom is -0.329 e. The molecule has 0 bridgehead atoms. The van der Waals surface area contributed by atoms with Crippen molar-refractivity contribution >= 4 is 22.4 Å². The van der Waals surface area contributed by atoms with Crippen LogP contribution in [0.5, 0.6) is 0 Å². The molecule has 1 aromatic rings. The minimum absolute atomic E-state index is 0.0716. The molecule has 2 aliphatic rings. The van der Waals surface area contributed by atoms with Crippen LogP contribution >= 0.6 is 11.3 Å². The summed E-state index contributed by atoms with van der Waals surface area (Å²) in [4.78, 5) is 18.1. The highest BCUT2D eigenvalue weighted by molar-refractivity contribution is 7.15. The second-order valence-electron chi connectivity index (χ2n) is 5.39. The highest BCUT2D eigenvalue weighted by atomic mass is 32.1.